The van der Waals surface area contributed by atoms with Crippen LogP contribution in [0.3, 0.4) is 0 Å². The second-order valence-corrected chi connectivity index (χ2v) is 12.2. The minimum Gasteiger partial charge on any atom is -0.480 e. The van der Waals surface area contributed by atoms with Gasteiger partial charge in [0.1, 0.15) is 17.7 Å². The van der Waals surface area contributed by atoms with Crippen molar-refractivity contribution in [1.29, 1.82) is 0 Å². The SMILES string of the molecule is CC(C)C[C@@H](NC(=O)C1(c2ccccc2)CCN(C(=O)[C@@H]2CSCN2C(=O)OC(C)(C)C)CC1)C(=O)O. The Morgan fingerprint density at radius 3 is 2.30 bits per heavy atom. The molecule has 2 aliphatic rings. The van der Waals surface area contributed by atoms with E-state index < -0.39 is 35.2 Å². The van der Waals surface area contributed by atoms with Gasteiger partial charge in [-0.1, -0.05) is 44.2 Å². The number of likely N-dealkylation sites (tertiary alicyclic amines) is 1. The van der Waals surface area contributed by atoms with Gasteiger partial charge in [0.15, 0.2) is 0 Å². The van der Waals surface area contributed by atoms with Crippen molar-refractivity contribution in [1.82, 2.24) is 15.1 Å². The van der Waals surface area contributed by atoms with E-state index in [1.165, 1.54) is 16.7 Å². The molecule has 37 heavy (non-hydrogen) atoms. The zero-order valence-electron chi connectivity index (χ0n) is 22.4. The molecule has 2 atom stereocenters. The number of hydrogen-bond acceptors (Lipinski definition) is 6. The van der Waals surface area contributed by atoms with Gasteiger partial charge in [-0.3, -0.25) is 14.5 Å². The number of amides is 3. The normalized spacial score (nSPS) is 20.4. The van der Waals surface area contributed by atoms with Crippen LogP contribution in [-0.4, -0.2) is 81.2 Å². The molecule has 0 bridgehead atoms. The molecule has 204 valence electrons. The van der Waals surface area contributed by atoms with Crippen LogP contribution in [0.5, 0.6) is 0 Å². The average Bonchev–Trinajstić information content (AvgIpc) is 3.32. The molecule has 3 amide bonds. The number of carbonyl (C=O) groups excluding carboxylic acids is 3. The Balaban J connectivity index is 1.77. The molecule has 2 N–H and O–H groups in total. The molecule has 1 aromatic rings. The van der Waals surface area contributed by atoms with Gasteiger partial charge < -0.3 is 20.1 Å². The number of piperidine rings is 1. The Hall–Kier alpha value is -2.75. The molecule has 2 fully saturated rings. The van der Waals surface area contributed by atoms with Crippen molar-refractivity contribution >= 4 is 35.6 Å². The first-order valence-corrected chi connectivity index (χ1v) is 13.9. The maximum atomic E-state index is 13.7. The molecular formula is C27H39N3O6S. The van der Waals surface area contributed by atoms with Crippen molar-refractivity contribution in [3.05, 3.63) is 35.9 Å². The van der Waals surface area contributed by atoms with E-state index in [0.717, 1.165) is 5.56 Å². The summed E-state index contributed by atoms with van der Waals surface area (Å²) in [6, 6.07) is 7.76. The minimum atomic E-state index is -1.06. The fraction of sp³-hybridized carbons (Fsp3) is 0.630. The van der Waals surface area contributed by atoms with E-state index in [0.29, 0.717) is 44.0 Å². The number of aliphatic carboxylic acids is 1. The monoisotopic (exact) mass is 533 g/mol. The van der Waals surface area contributed by atoms with Crippen molar-refractivity contribution in [2.24, 2.45) is 5.92 Å². The van der Waals surface area contributed by atoms with Crippen LogP contribution in [0.1, 0.15) is 59.4 Å². The van der Waals surface area contributed by atoms with E-state index >= 15 is 0 Å². The van der Waals surface area contributed by atoms with Gasteiger partial charge in [-0.15, -0.1) is 11.8 Å². The Kier molecular flexibility index (Phi) is 9.15. The summed E-state index contributed by atoms with van der Waals surface area (Å²) >= 11 is 1.51. The third-order valence-electron chi connectivity index (χ3n) is 6.80. The molecule has 0 radical (unpaired) electrons. The van der Waals surface area contributed by atoms with Gasteiger partial charge in [0.25, 0.3) is 0 Å². The van der Waals surface area contributed by atoms with Crippen molar-refractivity contribution in [2.75, 3.05) is 24.7 Å². The summed E-state index contributed by atoms with van der Waals surface area (Å²) < 4.78 is 5.50. The molecule has 0 spiro atoms. The van der Waals surface area contributed by atoms with E-state index in [4.69, 9.17) is 4.74 Å². The summed E-state index contributed by atoms with van der Waals surface area (Å²) in [5, 5.41) is 12.5. The average molecular weight is 534 g/mol. The molecule has 0 unspecified atom stereocenters. The zero-order chi connectivity index (χ0) is 27.4. The van der Waals surface area contributed by atoms with Crippen molar-refractivity contribution in [2.45, 2.75) is 77.0 Å². The standard InChI is InChI=1S/C27H39N3O6S/c1-18(2)15-20(23(32)33)28-24(34)27(19-9-7-6-8-10-19)11-13-29(14-12-27)22(31)21-16-37-17-30(21)25(35)36-26(3,4)5/h6-10,18,20-21H,11-17H2,1-5H3,(H,28,34)(H,32,33)/t20-,21+/m1/s1. The first kappa shape index (κ1) is 28.8. The van der Waals surface area contributed by atoms with E-state index in [1.807, 2.05) is 44.2 Å². The van der Waals surface area contributed by atoms with Gasteiger partial charge in [0.05, 0.1) is 11.3 Å². The summed E-state index contributed by atoms with van der Waals surface area (Å²) in [7, 11) is 0. The third-order valence-corrected chi connectivity index (χ3v) is 7.81. The van der Waals surface area contributed by atoms with Crippen LogP contribution in [0.2, 0.25) is 0 Å². The second kappa shape index (κ2) is 11.8. The van der Waals surface area contributed by atoms with Gasteiger partial charge in [-0.25, -0.2) is 9.59 Å². The Bertz CT molecular complexity index is 986. The summed E-state index contributed by atoms with van der Waals surface area (Å²) in [5.74, 6) is -0.549. The van der Waals surface area contributed by atoms with E-state index in [9.17, 15) is 24.3 Å². The highest BCUT2D eigenvalue weighted by molar-refractivity contribution is 7.99. The smallest absolute Gasteiger partial charge is 0.411 e. The first-order chi connectivity index (χ1) is 17.3. The number of benzene rings is 1. The van der Waals surface area contributed by atoms with Gasteiger partial charge in [-0.2, -0.15) is 0 Å². The van der Waals surface area contributed by atoms with Crippen LogP contribution in [0.4, 0.5) is 4.79 Å². The molecule has 0 aliphatic carbocycles. The molecule has 0 saturated carbocycles. The molecule has 10 heteroatoms. The summed E-state index contributed by atoms with van der Waals surface area (Å²) in [5.41, 5.74) is -0.798. The number of carbonyl (C=O) groups is 4. The number of nitrogens with zero attached hydrogens (tertiary/aromatic N) is 2. The van der Waals surface area contributed by atoms with Crippen LogP contribution in [0.25, 0.3) is 0 Å². The number of rotatable bonds is 7. The molecule has 1 aromatic carbocycles. The van der Waals surface area contributed by atoms with E-state index in [2.05, 4.69) is 5.32 Å². The van der Waals surface area contributed by atoms with E-state index in [1.54, 1.807) is 25.7 Å². The maximum Gasteiger partial charge on any atom is 0.411 e. The lowest BCUT2D eigenvalue weighted by Crippen LogP contribution is -2.58. The number of carboxylic acid groups (broad SMARTS) is 1. The number of hydrogen-bond donors (Lipinski definition) is 2. The molecule has 3 rings (SSSR count). The highest BCUT2D eigenvalue weighted by Crippen LogP contribution is 2.37. The lowest BCUT2D eigenvalue weighted by atomic mass is 9.71. The van der Waals surface area contributed by atoms with Gasteiger partial charge in [0, 0.05) is 18.8 Å². The number of thioether (sulfide) groups is 1. The number of carboxylic acids is 1. The quantitative estimate of drug-likeness (QED) is 0.551. The fourth-order valence-electron chi connectivity index (χ4n) is 4.86. The van der Waals surface area contributed by atoms with Gasteiger partial charge in [-0.05, 0) is 51.5 Å². The molecule has 2 aliphatic heterocycles. The van der Waals surface area contributed by atoms with Crippen LogP contribution in [-0.2, 0) is 24.5 Å². The lowest BCUT2D eigenvalue weighted by molar-refractivity contribution is -0.144. The third kappa shape index (κ3) is 6.97. The van der Waals surface area contributed by atoms with E-state index in [-0.39, 0.29) is 17.7 Å². The maximum absolute atomic E-state index is 13.7. The summed E-state index contributed by atoms with van der Waals surface area (Å²) in [6.45, 7) is 9.86. The van der Waals surface area contributed by atoms with Crippen molar-refractivity contribution in [3.63, 3.8) is 0 Å². The topological polar surface area (TPSA) is 116 Å². The highest BCUT2D eigenvalue weighted by atomic mass is 32.2. The largest absolute Gasteiger partial charge is 0.480 e. The summed E-state index contributed by atoms with van der Waals surface area (Å²) in [4.78, 5) is 54.9. The zero-order valence-corrected chi connectivity index (χ0v) is 23.2. The minimum absolute atomic E-state index is 0.103. The van der Waals surface area contributed by atoms with Crippen LogP contribution >= 0.6 is 11.8 Å². The van der Waals surface area contributed by atoms with Crippen molar-refractivity contribution < 1.29 is 29.0 Å². The lowest BCUT2D eigenvalue weighted by Gasteiger charge is -2.42. The van der Waals surface area contributed by atoms with Crippen molar-refractivity contribution in [3.8, 4) is 0 Å². The Labute approximate surface area is 223 Å². The molecule has 2 saturated heterocycles. The highest BCUT2D eigenvalue weighted by Gasteiger charge is 2.47. The number of nitrogens with one attached hydrogen (secondary N) is 1. The fourth-order valence-corrected chi connectivity index (χ4v) is 5.99. The summed E-state index contributed by atoms with van der Waals surface area (Å²) in [6.07, 6.45) is 0.538. The Morgan fingerprint density at radius 2 is 1.76 bits per heavy atom. The molecule has 2 heterocycles. The van der Waals surface area contributed by atoms with Crippen LogP contribution < -0.4 is 5.32 Å². The Morgan fingerprint density at radius 1 is 1.14 bits per heavy atom. The first-order valence-electron chi connectivity index (χ1n) is 12.8. The predicted molar refractivity (Wildman–Crippen MR) is 142 cm³/mol. The number of ether oxygens (including phenoxy) is 1. The molecular weight excluding hydrogens is 494 g/mol. The predicted octanol–water partition coefficient (Wildman–Crippen LogP) is 3.47. The second-order valence-electron chi connectivity index (χ2n) is 11.2. The van der Waals surface area contributed by atoms with Crippen LogP contribution in [0, 0.1) is 5.92 Å². The van der Waals surface area contributed by atoms with Crippen LogP contribution in [0.15, 0.2) is 30.3 Å². The van der Waals surface area contributed by atoms with Gasteiger partial charge in [0.2, 0.25) is 11.8 Å². The molecule has 0 aromatic heterocycles. The van der Waals surface area contributed by atoms with Gasteiger partial charge >= 0.3 is 12.1 Å². The molecule has 9 nitrogen and oxygen atoms in total.